The van der Waals surface area contributed by atoms with Gasteiger partial charge in [0.1, 0.15) is 5.82 Å². The molecule has 0 unspecified atom stereocenters. The van der Waals surface area contributed by atoms with Crippen LogP contribution in [0, 0.1) is 21.4 Å². The van der Waals surface area contributed by atoms with E-state index in [9.17, 15) is 15.4 Å². The van der Waals surface area contributed by atoms with Gasteiger partial charge in [-0.05, 0) is 36.2 Å². The summed E-state index contributed by atoms with van der Waals surface area (Å²) in [6.07, 6.45) is 0.869. The van der Waals surface area contributed by atoms with Crippen LogP contribution in [-0.4, -0.2) is 16.5 Å². The van der Waals surface area contributed by atoms with Gasteiger partial charge in [0.25, 0.3) is 5.69 Å². The van der Waals surface area contributed by atoms with Crippen molar-refractivity contribution in [2.45, 2.75) is 6.42 Å². The minimum Gasteiger partial charge on any atom is -0.326 e. The van der Waals surface area contributed by atoms with Crippen LogP contribution in [0.2, 0.25) is 5.02 Å². The van der Waals surface area contributed by atoms with Crippen molar-refractivity contribution in [2.24, 2.45) is 0 Å². The summed E-state index contributed by atoms with van der Waals surface area (Å²) in [4.78, 5) is 17.1. The number of anilines is 2. The van der Waals surface area contributed by atoms with Gasteiger partial charge >= 0.3 is 0 Å². The van der Waals surface area contributed by atoms with Crippen LogP contribution in [0.5, 0.6) is 0 Å². The minimum atomic E-state index is -0.479. The number of non-ortho nitro benzene ring substituents is 1. The minimum absolute atomic E-state index is 0.0585. The van der Waals surface area contributed by atoms with Gasteiger partial charge in [0.2, 0.25) is 0 Å². The first-order chi connectivity index (χ1) is 12.1. The van der Waals surface area contributed by atoms with E-state index in [0.29, 0.717) is 27.3 Å². The molecular weight excluding hydrogens is 340 g/mol. The van der Waals surface area contributed by atoms with Gasteiger partial charge in [-0.1, -0.05) is 17.7 Å². The summed E-state index contributed by atoms with van der Waals surface area (Å²) in [5, 5.41) is 21.6. The van der Waals surface area contributed by atoms with E-state index in [1.54, 1.807) is 12.1 Å². The Morgan fingerprint density at radius 1 is 1.24 bits per heavy atom. The molecule has 122 valence electrons. The second-order valence-electron chi connectivity index (χ2n) is 5.77. The third kappa shape index (κ3) is 2.55. The van der Waals surface area contributed by atoms with Crippen molar-refractivity contribution in [3.63, 3.8) is 0 Å². The van der Waals surface area contributed by atoms with Gasteiger partial charge in [0.15, 0.2) is 0 Å². The zero-order chi connectivity index (χ0) is 17.6. The monoisotopic (exact) mass is 350 g/mol. The SMILES string of the molecule is N#Cc1cc(N2CCc3ccc(Cl)cc32)nc2ccc([N+](=O)[O-])cc12. The zero-order valence-corrected chi connectivity index (χ0v) is 13.7. The molecule has 6 nitrogen and oxygen atoms in total. The summed E-state index contributed by atoms with van der Waals surface area (Å²) in [5.41, 5.74) is 3.00. The normalized spacial score (nSPS) is 12.9. The molecule has 1 aliphatic rings. The number of nitrogens with zero attached hydrogens (tertiary/aromatic N) is 4. The summed E-state index contributed by atoms with van der Waals surface area (Å²) in [7, 11) is 0. The van der Waals surface area contributed by atoms with Crippen LogP contribution < -0.4 is 4.90 Å². The Hall–Kier alpha value is -3.17. The fourth-order valence-electron chi connectivity index (χ4n) is 3.13. The van der Waals surface area contributed by atoms with E-state index < -0.39 is 4.92 Å². The largest absolute Gasteiger partial charge is 0.326 e. The summed E-state index contributed by atoms with van der Waals surface area (Å²) < 4.78 is 0. The van der Waals surface area contributed by atoms with Gasteiger partial charge in [-0.3, -0.25) is 10.1 Å². The van der Waals surface area contributed by atoms with Crippen LogP contribution in [-0.2, 0) is 6.42 Å². The van der Waals surface area contributed by atoms with E-state index >= 15 is 0 Å². The molecule has 0 amide bonds. The number of hydrogen-bond donors (Lipinski definition) is 0. The first-order valence-corrected chi connectivity index (χ1v) is 8.00. The van der Waals surface area contributed by atoms with Crippen molar-refractivity contribution in [3.8, 4) is 6.07 Å². The lowest BCUT2D eigenvalue weighted by molar-refractivity contribution is -0.384. The fraction of sp³-hybridized carbons (Fsp3) is 0.111. The van der Waals surface area contributed by atoms with E-state index in [1.165, 1.54) is 17.7 Å². The van der Waals surface area contributed by atoms with Gasteiger partial charge in [0.05, 0.1) is 22.1 Å². The fourth-order valence-corrected chi connectivity index (χ4v) is 3.30. The molecule has 4 rings (SSSR count). The number of hydrogen-bond acceptors (Lipinski definition) is 5. The van der Waals surface area contributed by atoms with Gasteiger partial charge in [-0.15, -0.1) is 0 Å². The van der Waals surface area contributed by atoms with Gasteiger partial charge in [-0.2, -0.15) is 5.26 Å². The molecule has 0 radical (unpaired) electrons. The van der Waals surface area contributed by atoms with E-state index in [0.717, 1.165) is 18.7 Å². The Balaban J connectivity index is 1.88. The first-order valence-electron chi connectivity index (χ1n) is 7.62. The first kappa shape index (κ1) is 15.4. The molecule has 0 saturated carbocycles. The van der Waals surface area contributed by atoms with Gasteiger partial charge < -0.3 is 4.90 Å². The third-order valence-electron chi connectivity index (χ3n) is 4.33. The second kappa shape index (κ2) is 5.72. The molecule has 3 aromatic rings. The van der Waals surface area contributed by atoms with E-state index in [-0.39, 0.29) is 5.69 Å². The number of nitriles is 1. The lowest BCUT2D eigenvalue weighted by atomic mass is 10.1. The lowest BCUT2D eigenvalue weighted by Gasteiger charge is -2.19. The molecule has 2 aromatic carbocycles. The molecule has 0 spiro atoms. The van der Waals surface area contributed by atoms with Crippen molar-refractivity contribution in [2.75, 3.05) is 11.4 Å². The van der Waals surface area contributed by atoms with Crippen LogP contribution in [0.1, 0.15) is 11.1 Å². The summed E-state index contributed by atoms with van der Waals surface area (Å²) in [6.45, 7) is 0.742. The number of halogens is 1. The van der Waals surface area contributed by atoms with Crippen molar-refractivity contribution in [3.05, 3.63) is 68.7 Å². The van der Waals surface area contributed by atoms with Crippen LogP contribution >= 0.6 is 11.6 Å². The highest BCUT2D eigenvalue weighted by atomic mass is 35.5. The molecule has 0 aliphatic carbocycles. The molecule has 1 aromatic heterocycles. The smallest absolute Gasteiger partial charge is 0.270 e. The van der Waals surface area contributed by atoms with E-state index in [4.69, 9.17) is 11.6 Å². The molecule has 0 fully saturated rings. The number of rotatable bonds is 2. The van der Waals surface area contributed by atoms with Crippen molar-refractivity contribution in [1.82, 2.24) is 4.98 Å². The van der Waals surface area contributed by atoms with Crippen LogP contribution in [0.4, 0.5) is 17.2 Å². The highest BCUT2D eigenvalue weighted by Gasteiger charge is 2.23. The van der Waals surface area contributed by atoms with E-state index in [1.807, 2.05) is 23.1 Å². The molecular formula is C18H11ClN4O2. The Bertz CT molecular complexity index is 1070. The molecule has 0 atom stereocenters. The number of pyridine rings is 1. The van der Waals surface area contributed by atoms with Crippen molar-refractivity contribution in [1.29, 1.82) is 5.26 Å². The average Bonchev–Trinajstić information content (AvgIpc) is 3.03. The Morgan fingerprint density at radius 3 is 2.84 bits per heavy atom. The van der Waals surface area contributed by atoms with Crippen LogP contribution in [0.15, 0.2) is 42.5 Å². The van der Waals surface area contributed by atoms with Crippen molar-refractivity contribution < 1.29 is 4.92 Å². The summed E-state index contributed by atoms with van der Waals surface area (Å²) in [5.74, 6) is 0.638. The van der Waals surface area contributed by atoms with Crippen LogP contribution in [0.25, 0.3) is 10.9 Å². The molecule has 25 heavy (non-hydrogen) atoms. The zero-order valence-electron chi connectivity index (χ0n) is 12.9. The maximum Gasteiger partial charge on any atom is 0.270 e. The van der Waals surface area contributed by atoms with Gasteiger partial charge in [-0.25, -0.2) is 4.98 Å². The number of nitro benzene ring substituents is 1. The molecule has 0 bridgehead atoms. The molecule has 7 heteroatoms. The number of nitro groups is 1. The van der Waals surface area contributed by atoms with Crippen LogP contribution in [0.3, 0.4) is 0 Å². The van der Waals surface area contributed by atoms with E-state index in [2.05, 4.69) is 11.1 Å². The topological polar surface area (TPSA) is 83.1 Å². The molecule has 0 N–H and O–H groups in total. The Labute approximate surface area is 148 Å². The second-order valence-corrected chi connectivity index (χ2v) is 6.21. The van der Waals surface area contributed by atoms with Gasteiger partial charge in [0, 0.05) is 34.8 Å². The summed E-state index contributed by atoms with van der Waals surface area (Å²) >= 11 is 6.11. The third-order valence-corrected chi connectivity index (χ3v) is 4.56. The number of fused-ring (bicyclic) bond motifs is 2. The maximum atomic E-state index is 11.0. The quantitative estimate of drug-likeness (QED) is 0.506. The molecule has 0 saturated heterocycles. The Morgan fingerprint density at radius 2 is 2.08 bits per heavy atom. The Kier molecular flexibility index (Phi) is 3.52. The summed E-state index contributed by atoms with van der Waals surface area (Å²) in [6, 6.07) is 13.9. The lowest BCUT2D eigenvalue weighted by Crippen LogP contribution is -2.15. The predicted molar refractivity (Wildman–Crippen MR) is 95.3 cm³/mol. The van der Waals surface area contributed by atoms with Crippen molar-refractivity contribution >= 4 is 39.7 Å². The number of benzene rings is 2. The molecule has 1 aliphatic heterocycles. The highest BCUT2D eigenvalue weighted by Crippen LogP contribution is 2.37. The standard InChI is InChI=1S/C18H11ClN4O2/c19-13-2-1-11-5-6-22(17(11)8-13)18-7-12(10-20)15-9-14(23(24)25)3-4-16(15)21-18/h1-4,7-9H,5-6H2. The average molecular weight is 351 g/mol. The highest BCUT2D eigenvalue weighted by molar-refractivity contribution is 6.30. The number of aromatic nitrogens is 1. The molecule has 2 heterocycles. The maximum absolute atomic E-state index is 11.0. The predicted octanol–water partition coefficient (Wildman–Crippen LogP) is 4.36.